The van der Waals surface area contributed by atoms with E-state index in [4.69, 9.17) is 21.1 Å². The van der Waals surface area contributed by atoms with Crippen molar-refractivity contribution >= 4 is 46.2 Å². The van der Waals surface area contributed by atoms with Crippen LogP contribution in [0.1, 0.15) is 22.3 Å². The van der Waals surface area contributed by atoms with Gasteiger partial charge in [-0.05, 0) is 72.6 Å². The van der Waals surface area contributed by atoms with Gasteiger partial charge < -0.3 is 14.8 Å². The predicted octanol–water partition coefficient (Wildman–Crippen LogP) is 6.44. The molecule has 0 unspecified atom stereocenters. The van der Waals surface area contributed by atoms with Crippen LogP contribution in [0.15, 0.2) is 70.6 Å². The maximum Gasteiger partial charge on any atom is 0.264 e. The van der Waals surface area contributed by atoms with Crippen LogP contribution in [0.2, 0.25) is 5.02 Å². The highest BCUT2D eigenvalue weighted by Gasteiger charge is 2.24. The molecule has 1 heterocycles. The quantitative estimate of drug-likeness (QED) is 0.414. The van der Waals surface area contributed by atoms with Crippen molar-refractivity contribution in [2.24, 2.45) is 4.99 Å². The molecule has 1 amide bonds. The molecular formula is C26H23ClN2O3S. The molecule has 4 rings (SSSR count). The number of nitrogens with zero attached hydrogens (tertiary/aromatic N) is 1. The summed E-state index contributed by atoms with van der Waals surface area (Å²) in [5, 5.41) is 3.94. The number of thioether (sulfide) groups is 1. The number of carbonyl (C=O) groups excluding carboxylic acids is 1. The Morgan fingerprint density at radius 1 is 1.06 bits per heavy atom. The molecule has 168 valence electrons. The van der Waals surface area contributed by atoms with Crippen LogP contribution in [-0.4, -0.2) is 18.2 Å². The number of amidine groups is 1. The Kier molecular flexibility index (Phi) is 7.06. The molecule has 1 N–H and O–H groups in total. The second-order valence-corrected chi connectivity index (χ2v) is 9.04. The zero-order valence-electron chi connectivity index (χ0n) is 18.5. The summed E-state index contributed by atoms with van der Waals surface area (Å²) in [6.07, 6.45) is 1.80. The Labute approximate surface area is 202 Å². The minimum Gasteiger partial charge on any atom is -0.493 e. The number of nitrogens with one attached hydrogen (secondary N) is 1. The summed E-state index contributed by atoms with van der Waals surface area (Å²) < 4.78 is 11.5. The largest absolute Gasteiger partial charge is 0.493 e. The van der Waals surface area contributed by atoms with Gasteiger partial charge in [0, 0.05) is 5.02 Å². The van der Waals surface area contributed by atoms with Gasteiger partial charge in [-0.15, -0.1) is 0 Å². The third-order valence-electron chi connectivity index (χ3n) is 5.00. The summed E-state index contributed by atoms with van der Waals surface area (Å²) >= 11 is 7.45. The topological polar surface area (TPSA) is 59.9 Å². The van der Waals surface area contributed by atoms with Gasteiger partial charge in [-0.3, -0.25) is 4.79 Å². The highest BCUT2D eigenvalue weighted by atomic mass is 35.5. The standard InChI is InChI=1S/C26H23ClN2O3S/c1-16-5-4-6-19(11-16)15-32-22-10-8-18(12-23(22)31-3)13-24-25(30)29-26(33-24)28-20-9-7-17(2)21(27)14-20/h4-14H,15H2,1-3H3,(H,28,29,30)/b24-13-. The summed E-state index contributed by atoms with van der Waals surface area (Å²) in [5.41, 5.74) is 4.76. The van der Waals surface area contributed by atoms with Crippen LogP contribution in [-0.2, 0) is 11.4 Å². The van der Waals surface area contributed by atoms with Gasteiger partial charge in [0.2, 0.25) is 0 Å². The van der Waals surface area contributed by atoms with Crippen molar-refractivity contribution in [2.45, 2.75) is 20.5 Å². The third kappa shape index (κ3) is 5.78. The van der Waals surface area contributed by atoms with Gasteiger partial charge in [0.05, 0.1) is 17.7 Å². The zero-order valence-corrected chi connectivity index (χ0v) is 20.1. The van der Waals surface area contributed by atoms with Gasteiger partial charge in [0.1, 0.15) is 6.61 Å². The molecule has 7 heteroatoms. The van der Waals surface area contributed by atoms with E-state index < -0.39 is 0 Å². The molecule has 3 aromatic carbocycles. The molecule has 0 atom stereocenters. The Hall–Kier alpha value is -3.22. The van der Waals surface area contributed by atoms with Crippen molar-refractivity contribution < 1.29 is 14.3 Å². The second-order valence-electron chi connectivity index (χ2n) is 7.60. The molecule has 0 bridgehead atoms. The number of aliphatic imine (C=N–C) groups is 1. The average molecular weight is 479 g/mol. The molecule has 5 nitrogen and oxygen atoms in total. The first kappa shape index (κ1) is 23.0. The Bertz CT molecular complexity index is 1270. The Morgan fingerprint density at radius 2 is 1.91 bits per heavy atom. The number of hydrogen-bond acceptors (Lipinski definition) is 5. The van der Waals surface area contributed by atoms with Crippen LogP contribution >= 0.6 is 23.4 Å². The van der Waals surface area contributed by atoms with Crippen molar-refractivity contribution in [2.75, 3.05) is 7.11 Å². The summed E-state index contributed by atoms with van der Waals surface area (Å²) in [6, 6.07) is 19.3. The van der Waals surface area contributed by atoms with E-state index in [1.807, 2.05) is 49.4 Å². The molecule has 3 aromatic rings. The minimum atomic E-state index is -0.198. The lowest BCUT2D eigenvalue weighted by molar-refractivity contribution is -0.115. The molecule has 1 fully saturated rings. The summed E-state index contributed by atoms with van der Waals surface area (Å²) in [4.78, 5) is 17.5. The van der Waals surface area contributed by atoms with E-state index in [-0.39, 0.29) is 5.91 Å². The highest BCUT2D eigenvalue weighted by molar-refractivity contribution is 8.18. The van der Waals surface area contributed by atoms with Crippen LogP contribution in [0.3, 0.4) is 0 Å². The van der Waals surface area contributed by atoms with E-state index in [0.29, 0.717) is 38.9 Å². The predicted molar refractivity (Wildman–Crippen MR) is 135 cm³/mol. The number of benzene rings is 3. The molecule has 0 saturated carbocycles. The fraction of sp³-hybridized carbons (Fsp3) is 0.154. The number of ether oxygens (including phenoxy) is 2. The van der Waals surface area contributed by atoms with Crippen molar-refractivity contribution in [3.8, 4) is 11.5 Å². The number of methoxy groups -OCH3 is 1. The minimum absolute atomic E-state index is 0.198. The van der Waals surface area contributed by atoms with Crippen LogP contribution in [0.25, 0.3) is 6.08 Å². The van der Waals surface area contributed by atoms with Gasteiger partial charge >= 0.3 is 0 Å². The lowest BCUT2D eigenvalue weighted by Crippen LogP contribution is -2.19. The van der Waals surface area contributed by atoms with E-state index in [1.54, 1.807) is 19.3 Å². The van der Waals surface area contributed by atoms with E-state index in [9.17, 15) is 4.79 Å². The van der Waals surface area contributed by atoms with Crippen LogP contribution in [0, 0.1) is 13.8 Å². The smallest absolute Gasteiger partial charge is 0.264 e. The lowest BCUT2D eigenvalue weighted by Gasteiger charge is -2.12. The van der Waals surface area contributed by atoms with E-state index in [2.05, 4.69) is 29.4 Å². The first-order valence-corrected chi connectivity index (χ1v) is 11.5. The zero-order chi connectivity index (χ0) is 23.4. The SMILES string of the molecule is COc1cc(/C=C2\SC(=Nc3ccc(C)c(Cl)c3)NC2=O)ccc1OCc1cccc(C)c1. The molecule has 0 aliphatic carbocycles. The summed E-state index contributed by atoms with van der Waals surface area (Å²) in [7, 11) is 1.60. The molecule has 1 aliphatic heterocycles. The van der Waals surface area contributed by atoms with Crippen molar-refractivity contribution in [1.82, 2.24) is 5.32 Å². The molecule has 0 radical (unpaired) electrons. The second kappa shape index (κ2) is 10.1. The molecule has 0 aromatic heterocycles. The molecule has 1 saturated heterocycles. The lowest BCUT2D eigenvalue weighted by atomic mass is 10.1. The van der Waals surface area contributed by atoms with Gasteiger partial charge in [0.15, 0.2) is 16.7 Å². The van der Waals surface area contributed by atoms with Crippen molar-refractivity contribution in [3.05, 3.63) is 92.8 Å². The normalized spacial score (nSPS) is 15.7. The number of carbonyl (C=O) groups is 1. The number of rotatable bonds is 6. The number of halogens is 1. The number of hydrogen-bond donors (Lipinski definition) is 1. The average Bonchev–Trinajstić information content (AvgIpc) is 3.13. The van der Waals surface area contributed by atoms with Crippen LogP contribution in [0.5, 0.6) is 11.5 Å². The van der Waals surface area contributed by atoms with Gasteiger partial charge in [-0.25, -0.2) is 4.99 Å². The van der Waals surface area contributed by atoms with E-state index >= 15 is 0 Å². The van der Waals surface area contributed by atoms with Gasteiger partial charge in [0.25, 0.3) is 5.91 Å². The first-order chi connectivity index (χ1) is 15.9. The van der Waals surface area contributed by atoms with Crippen LogP contribution < -0.4 is 14.8 Å². The molecule has 0 spiro atoms. The first-order valence-electron chi connectivity index (χ1n) is 10.3. The Balaban J connectivity index is 1.49. The number of aryl methyl sites for hydroxylation is 2. The van der Waals surface area contributed by atoms with Crippen molar-refractivity contribution in [1.29, 1.82) is 0 Å². The maximum atomic E-state index is 12.4. The van der Waals surface area contributed by atoms with E-state index in [1.165, 1.54) is 17.3 Å². The molecular weight excluding hydrogens is 456 g/mol. The van der Waals surface area contributed by atoms with Crippen LogP contribution in [0.4, 0.5) is 5.69 Å². The third-order valence-corrected chi connectivity index (χ3v) is 6.32. The fourth-order valence-corrected chi connectivity index (χ4v) is 4.27. The van der Waals surface area contributed by atoms with Gasteiger partial charge in [-0.1, -0.05) is 53.6 Å². The van der Waals surface area contributed by atoms with Gasteiger partial charge in [-0.2, -0.15) is 0 Å². The maximum absolute atomic E-state index is 12.4. The monoisotopic (exact) mass is 478 g/mol. The number of amides is 1. The Morgan fingerprint density at radius 3 is 2.67 bits per heavy atom. The molecule has 33 heavy (non-hydrogen) atoms. The highest BCUT2D eigenvalue weighted by Crippen LogP contribution is 2.33. The fourth-order valence-electron chi connectivity index (χ4n) is 3.26. The molecule has 1 aliphatic rings. The summed E-state index contributed by atoms with van der Waals surface area (Å²) in [6.45, 7) is 4.43. The van der Waals surface area contributed by atoms with E-state index in [0.717, 1.165) is 16.7 Å². The van der Waals surface area contributed by atoms with Crippen molar-refractivity contribution in [3.63, 3.8) is 0 Å². The summed E-state index contributed by atoms with van der Waals surface area (Å²) in [5.74, 6) is 1.04.